The zero-order chi connectivity index (χ0) is 17.9. The summed E-state index contributed by atoms with van der Waals surface area (Å²) in [4.78, 5) is 16.7. The van der Waals surface area contributed by atoms with Gasteiger partial charge in [0.25, 0.3) is 5.91 Å². The normalized spacial score (nSPS) is 16.7. The van der Waals surface area contributed by atoms with Crippen LogP contribution in [0.2, 0.25) is 0 Å². The van der Waals surface area contributed by atoms with Crippen molar-refractivity contribution in [2.75, 3.05) is 31.9 Å². The second kappa shape index (κ2) is 13.7. The van der Waals surface area contributed by atoms with Crippen LogP contribution < -0.4 is 16.0 Å². The fourth-order valence-corrected chi connectivity index (χ4v) is 4.13. The zero-order valence-electron chi connectivity index (χ0n) is 15.1. The summed E-state index contributed by atoms with van der Waals surface area (Å²) >= 11 is 5.40. The number of carbonyl (C=O) groups is 1. The van der Waals surface area contributed by atoms with Crippen LogP contribution >= 0.6 is 51.7 Å². The maximum atomic E-state index is 12.1. The van der Waals surface area contributed by atoms with E-state index in [0.29, 0.717) is 17.4 Å². The molecule has 0 aliphatic carbocycles. The van der Waals surface area contributed by atoms with Gasteiger partial charge >= 0.3 is 0 Å². The lowest BCUT2D eigenvalue weighted by Gasteiger charge is -2.13. The molecular weight excluding hydrogens is 527 g/mol. The predicted molar refractivity (Wildman–Crippen MR) is 126 cm³/mol. The molecule has 26 heavy (non-hydrogen) atoms. The molecule has 0 saturated carbocycles. The van der Waals surface area contributed by atoms with E-state index in [1.54, 1.807) is 0 Å². The number of hydrogen-bond acceptors (Lipinski definition) is 3. The largest absolute Gasteiger partial charge is 0.357 e. The zero-order valence-corrected chi connectivity index (χ0v) is 19.8. The Balaban J connectivity index is 0.00000338. The fraction of sp³-hybridized carbons (Fsp3) is 0.556. The summed E-state index contributed by atoms with van der Waals surface area (Å²) in [6.45, 7) is 5.21. The number of thioether (sulfide) groups is 1. The number of benzene rings is 1. The van der Waals surface area contributed by atoms with Crippen LogP contribution in [0, 0.1) is 0 Å². The van der Waals surface area contributed by atoms with Crippen LogP contribution in [0.4, 0.5) is 0 Å². The Hall–Kier alpha value is -0.480. The molecule has 146 valence electrons. The van der Waals surface area contributed by atoms with Crippen LogP contribution in [0.1, 0.15) is 36.5 Å². The summed E-state index contributed by atoms with van der Waals surface area (Å²) in [5.74, 6) is 2.09. The summed E-state index contributed by atoms with van der Waals surface area (Å²) < 4.78 is 0.911. The van der Waals surface area contributed by atoms with Crippen molar-refractivity contribution in [1.29, 1.82) is 0 Å². The van der Waals surface area contributed by atoms with Crippen molar-refractivity contribution < 1.29 is 4.79 Å². The number of guanidine groups is 1. The van der Waals surface area contributed by atoms with E-state index in [9.17, 15) is 4.79 Å². The first-order valence-electron chi connectivity index (χ1n) is 8.86. The van der Waals surface area contributed by atoms with E-state index >= 15 is 0 Å². The van der Waals surface area contributed by atoms with Crippen molar-refractivity contribution in [3.8, 4) is 0 Å². The maximum Gasteiger partial charge on any atom is 0.251 e. The van der Waals surface area contributed by atoms with Gasteiger partial charge in [0.1, 0.15) is 0 Å². The molecule has 1 amide bonds. The van der Waals surface area contributed by atoms with E-state index < -0.39 is 0 Å². The molecule has 1 aromatic rings. The summed E-state index contributed by atoms with van der Waals surface area (Å²) in [5, 5.41) is 10.2. The van der Waals surface area contributed by atoms with E-state index in [4.69, 9.17) is 0 Å². The van der Waals surface area contributed by atoms with Crippen molar-refractivity contribution in [2.24, 2.45) is 4.99 Å². The average Bonchev–Trinajstić information content (AvgIpc) is 3.12. The Morgan fingerprint density at radius 1 is 1.31 bits per heavy atom. The summed E-state index contributed by atoms with van der Waals surface area (Å²) in [6.07, 6.45) is 3.43. The number of nitrogens with one attached hydrogen (secondary N) is 3. The Kier molecular flexibility index (Phi) is 12.4. The smallest absolute Gasteiger partial charge is 0.251 e. The maximum absolute atomic E-state index is 12.1. The topological polar surface area (TPSA) is 65.5 Å². The molecule has 3 N–H and O–H groups in total. The van der Waals surface area contributed by atoms with Crippen LogP contribution in [-0.2, 0) is 0 Å². The lowest BCUT2D eigenvalue weighted by Crippen LogP contribution is -2.39. The van der Waals surface area contributed by atoms with Gasteiger partial charge < -0.3 is 16.0 Å². The summed E-state index contributed by atoms with van der Waals surface area (Å²) in [5.41, 5.74) is 0.672. The molecule has 1 aliphatic rings. The third kappa shape index (κ3) is 8.94. The van der Waals surface area contributed by atoms with Gasteiger partial charge in [-0.25, -0.2) is 0 Å². The van der Waals surface area contributed by atoms with E-state index in [1.807, 2.05) is 36.0 Å². The number of halogens is 2. The van der Waals surface area contributed by atoms with Gasteiger partial charge in [-0.1, -0.05) is 22.0 Å². The van der Waals surface area contributed by atoms with Crippen LogP contribution in [0.25, 0.3) is 0 Å². The van der Waals surface area contributed by atoms with Crippen molar-refractivity contribution in [2.45, 2.75) is 31.4 Å². The minimum atomic E-state index is -0.0415. The third-order valence-corrected chi connectivity index (χ3v) is 5.71. The molecule has 2 rings (SSSR count). The van der Waals surface area contributed by atoms with Crippen LogP contribution in [-0.4, -0.2) is 49.0 Å². The molecule has 1 heterocycles. The molecular formula is C18H28BrIN4OS. The Morgan fingerprint density at radius 2 is 2.12 bits per heavy atom. The second-order valence-electron chi connectivity index (χ2n) is 5.90. The fourth-order valence-electron chi connectivity index (χ4n) is 2.55. The Labute approximate surface area is 186 Å². The first-order valence-corrected chi connectivity index (χ1v) is 10.7. The second-order valence-corrected chi connectivity index (χ2v) is 8.23. The third-order valence-electron chi connectivity index (χ3n) is 3.84. The van der Waals surface area contributed by atoms with Crippen molar-refractivity contribution in [3.05, 3.63) is 34.3 Å². The monoisotopic (exact) mass is 554 g/mol. The molecule has 0 radical (unpaired) electrons. The number of amides is 1. The highest BCUT2D eigenvalue weighted by molar-refractivity contribution is 14.0. The summed E-state index contributed by atoms with van der Waals surface area (Å²) in [6, 6.07) is 7.41. The lowest BCUT2D eigenvalue weighted by molar-refractivity contribution is 0.0953. The number of carbonyl (C=O) groups excluding carboxylic acids is 1. The Bertz CT molecular complexity index is 582. The Morgan fingerprint density at radius 3 is 2.81 bits per heavy atom. The molecule has 1 unspecified atom stereocenters. The molecule has 1 fully saturated rings. The average molecular weight is 555 g/mol. The van der Waals surface area contributed by atoms with Gasteiger partial charge in [-0.05, 0) is 50.1 Å². The molecule has 5 nitrogen and oxygen atoms in total. The summed E-state index contributed by atoms with van der Waals surface area (Å²) in [7, 11) is 0. The quantitative estimate of drug-likeness (QED) is 0.199. The highest BCUT2D eigenvalue weighted by Crippen LogP contribution is 2.25. The molecule has 0 aromatic heterocycles. The molecule has 0 bridgehead atoms. The van der Waals surface area contributed by atoms with Gasteiger partial charge in [-0.3, -0.25) is 9.79 Å². The predicted octanol–water partition coefficient (Wildman–Crippen LogP) is 3.64. The number of aliphatic imine (C=N–C) groups is 1. The van der Waals surface area contributed by atoms with Gasteiger partial charge in [-0.2, -0.15) is 11.8 Å². The molecule has 1 aliphatic heterocycles. The molecule has 0 spiro atoms. The van der Waals surface area contributed by atoms with Crippen LogP contribution in [0.15, 0.2) is 33.7 Å². The van der Waals surface area contributed by atoms with E-state index in [0.717, 1.165) is 36.5 Å². The van der Waals surface area contributed by atoms with Crippen LogP contribution in [0.5, 0.6) is 0 Å². The van der Waals surface area contributed by atoms with Gasteiger partial charge in [-0.15, -0.1) is 24.0 Å². The molecule has 1 saturated heterocycles. The molecule has 8 heteroatoms. The number of nitrogens with zero attached hydrogens (tertiary/aromatic N) is 1. The van der Waals surface area contributed by atoms with Gasteiger partial charge in [0, 0.05) is 34.9 Å². The number of rotatable bonds is 8. The minimum Gasteiger partial charge on any atom is -0.357 e. The first-order chi connectivity index (χ1) is 12.2. The van der Waals surface area contributed by atoms with Crippen molar-refractivity contribution >= 4 is 63.5 Å². The van der Waals surface area contributed by atoms with Crippen LogP contribution in [0.3, 0.4) is 0 Å². The van der Waals surface area contributed by atoms with E-state index in [1.165, 1.54) is 18.6 Å². The highest BCUT2D eigenvalue weighted by Gasteiger charge is 2.14. The lowest BCUT2D eigenvalue weighted by atomic mass is 10.2. The minimum absolute atomic E-state index is 0. The number of hydrogen-bond donors (Lipinski definition) is 3. The van der Waals surface area contributed by atoms with Crippen molar-refractivity contribution in [1.82, 2.24) is 16.0 Å². The SMILES string of the molecule is CCNC(=NCC1CCCS1)NCCCNC(=O)c1cccc(Br)c1.I. The van der Waals surface area contributed by atoms with E-state index in [-0.39, 0.29) is 29.9 Å². The van der Waals surface area contributed by atoms with Gasteiger partial charge in [0.15, 0.2) is 5.96 Å². The highest BCUT2D eigenvalue weighted by atomic mass is 127. The van der Waals surface area contributed by atoms with Gasteiger partial charge in [0.05, 0.1) is 6.54 Å². The van der Waals surface area contributed by atoms with E-state index in [2.05, 4.69) is 43.8 Å². The standard InChI is InChI=1S/C18H27BrN4OS.HI/c1-2-20-18(23-13-16-8-4-11-25-16)22-10-5-9-21-17(24)14-6-3-7-15(19)12-14;/h3,6-7,12,16H,2,4-5,8-11,13H2,1H3,(H,21,24)(H2,20,22,23);1H. The molecule has 1 atom stereocenters. The first kappa shape index (κ1) is 23.6. The van der Waals surface area contributed by atoms with Crippen molar-refractivity contribution in [3.63, 3.8) is 0 Å². The van der Waals surface area contributed by atoms with Gasteiger partial charge in [0.2, 0.25) is 0 Å². The molecule has 1 aromatic carbocycles.